The Hall–Kier alpha value is -4.01. The van der Waals surface area contributed by atoms with Gasteiger partial charge < -0.3 is 0 Å². The fraction of sp³-hybridized carbons (Fsp3) is 0.263. The second-order valence-electron chi connectivity index (χ2n) is 13.2. The van der Waals surface area contributed by atoms with Crippen LogP contribution in [0.4, 0.5) is 0 Å². The van der Waals surface area contributed by atoms with Gasteiger partial charge in [0.15, 0.2) is 11.6 Å². The van der Waals surface area contributed by atoms with Crippen molar-refractivity contribution in [1.29, 1.82) is 0 Å². The molecule has 224 valence electrons. The molecule has 4 aromatic rings. The van der Waals surface area contributed by atoms with Crippen LogP contribution in [0.2, 0.25) is 26.2 Å². The highest BCUT2D eigenvalue weighted by Crippen LogP contribution is 2.59. The number of benzene rings is 2. The van der Waals surface area contributed by atoms with E-state index in [1.807, 2.05) is 48.8 Å². The largest absolute Gasteiger partial charge is 0.295 e. The molecule has 2 aromatic heterocycles. The lowest BCUT2D eigenvalue weighted by Crippen LogP contribution is -2.45. The molecule has 2 heterocycles. The standard InChI is InChI=1S/C38H42N2O2Si2/c1-27(41)29-13-17-31(18-14-29)37-33(21-25-43(3,4)35-11-7-9-23-39-35)34(22-26-44(5,6)36-12-8-10-24-40-36)38(37)32-19-15-30(16-20-32)28(2)42/h7-26,33-34,37-38H,1-6H3/b25-21+,26-22+/t33-,34+,37+,38-. The van der Waals surface area contributed by atoms with Crippen molar-refractivity contribution in [3.8, 4) is 0 Å². The molecular weight excluding hydrogens is 573 g/mol. The highest BCUT2D eigenvalue weighted by atomic mass is 28.3. The summed E-state index contributed by atoms with van der Waals surface area (Å²) in [4.78, 5) is 33.6. The van der Waals surface area contributed by atoms with E-state index in [1.165, 1.54) is 21.8 Å². The van der Waals surface area contributed by atoms with Crippen molar-refractivity contribution in [3.05, 3.63) is 143 Å². The Labute approximate surface area is 264 Å². The minimum Gasteiger partial charge on any atom is -0.295 e. The van der Waals surface area contributed by atoms with E-state index in [1.54, 1.807) is 13.8 Å². The molecule has 1 aliphatic carbocycles. The Kier molecular flexibility index (Phi) is 9.23. The van der Waals surface area contributed by atoms with Crippen LogP contribution >= 0.6 is 0 Å². The molecule has 6 heteroatoms. The molecule has 1 fully saturated rings. The molecule has 1 aliphatic rings. The minimum absolute atomic E-state index is 0.0728. The maximum absolute atomic E-state index is 12.1. The summed E-state index contributed by atoms with van der Waals surface area (Å²) >= 11 is 0. The number of Topliss-reactive ketones (excluding diaryl/α,β-unsaturated/α-hetero) is 2. The van der Waals surface area contributed by atoms with Gasteiger partial charge in [0.2, 0.25) is 0 Å². The lowest BCUT2D eigenvalue weighted by atomic mass is 9.52. The van der Waals surface area contributed by atoms with Crippen LogP contribution in [0, 0.1) is 11.8 Å². The fourth-order valence-corrected chi connectivity index (χ4v) is 10.0. The minimum atomic E-state index is -1.94. The van der Waals surface area contributed by atoms with E-state index in [9.17, 15) is 9.59 Å². The van der Waals surface area contributed by atoms with E-state index < -0.39 is 16.1 Å². The average Bonchev–Trinajstić information content (AvgIpc) is 3.01. The van der Waals surface area contributed by atoms with E-state index >= 15 is 0 Å². The van der Waals surface area contributed by atoms with Gasteiger partial charge in [0.25, 0.3) is 0 Å². The summed E-state index contributed by atoms with van der Waals surface area (Å²) in [6.07, 6.45) is 8.68. The van der Waals surface area contributed by atoms with Gasteiger partial charge in [-0.15, -0.1) is 0 Å². The van der Waals surface area contributed by atoms with Crippen LogP contribution in [0.5, 0.6) is 0 Å². The zero-order chi connectivity index (χ0) is 31.5. The molecule has 0 aliphatic heterocycles. The van der Waals surface area contributed by atoms with Crippen LogP contribution in [0.3, 0.4) is 0 Å². The van der Waals surface area contributed by atoms with E-state index in [-0.39, 0.29) is 35.2 Å². The van der Waals surface area contributed by atoms with Crippen molar-refractivity contribution in [2.24, 2.45) is 11.8 Å². The molecule has 0 saturated heterocycles. The number of ketones is 2. The Morgan fingerprint density at radius 3 is 1.23 bits per heavy atom. The third-order valence-electron chi connectivity index (χ3n) is 9.19. The van der Waals surface area contributed by atoms with Gasteiger partial charge in [-0.3, -0.25) is 19.6 Å². The van der Waals surface area contributed by atoms with E-state index in [2.05, 4.69) is 98.3 Å². The van der Waals surface area contributed by atoms with Crippen LogP contribution in [-0.2, 0) is 0 Å². The molecule has 0 amide bonds. The zero-order valence-corrected chi connectivity index (χ0v) is 28.6. The lowest BCUT2D eigenvalue weighted by Gasteiger charge is -2.51. The monoisotopic (exact) mass is 614 g/mol. The molecule has 5 rings (SSSR count). The van der Waals surface area contributed by atoms with Gasteiger partial charge >= 0.3 is 0 Å². The summed E-state index contributed by atoms with van der Waals surface area (Å²) in [5.41, 5.74) is 8.82. The fourth-order valence-electron chi connectivity index (χ4n) is 6.41. The molecular formula is C38H42N2O2Si2. The summed E-state index contributed by atoms with van der Waals surface area (Å²) in [7, 11) is -3.88. The Morgan fingerprint density at radius 2 is 0.932 bits per heavy atom. The molecule has 0 N–H and O–H groups in total. The Balaban J connectivity index is 1.60. The number of hydrogen-bond acceptors (Lipinski definition) is 4. The summed E-state index contributed by atoms with van der Waals surface area (Å²) in [6.45, 7) is 12.6. The van der Waals surface area contributed by atoms with Crippen LogP contribution < -0.4 is 10.6 Å². The number of carbonyl (C=O) groups is 2. The lowest BCUT2D eigenvalue weighted by molar-refractivity contribution is 0.100. The van der Waals surface area contributed by atoms with Crippen molar-refractivity contribution in [3.63, 3.8) is 0 Å². The molecule has 4 nitrogen and oxygen atoms in total. The molecule has 0 radical (unpaired) electrons. The van der Waals surface area contributed by atoms with E-state index in [0.717, 1.165) is 11.1 Å². The number of allylic oxidation sites excluding steroid dienone is 2. The first kappa shape index (κ1) is 31.4. The van der Waals surface area contributed by atoms with Gasteiger partial charge in [0.05, 0.1) is 0 Å². The first-order valence-corrected chi connectivity index (χ1v) is 21.6. The highest BCUT2D eigenvalue weighted by Gasteiger charge is 2.49. The predicted molar refractivity (Wildman–Crippen MR) is 186 cm³/mol. The quantitative estimate of drug-likeness (QED) is 0.138. The van der Waals surface area contributed by atoms with Crippen molar-refractivity contribution in [1.82, 2.24) is 9.97 Å². The number of nitrogens with zero attached hydrogens (tertiary/aromatic N) is 2. The Bertz CT molecular complexity index is 1530. The number of carbonyl (C=O) groups excluding carboxylic acids is 2. The van der Waals surface area contributed by atoms with Crippen LogP contribution in [-0.4, -0.2) is 37.7 Å². The van der Waals surface area contributed by atoms with E-state index in [0.29, 0.717) is 0 Å². The summed E-state index contributed by atoms with van der Waals surface area (Å²) in [6, 6.07) is 28.8. The second kappa shape index (κ2) is 12.9. The van der Waals surface area contributed by atoms with Crippen LogP contribution in [0.25, 0.3) is 0 Å². The van der Waals surface area contributed by atoms with Crippen molar-refractivity contribution in [2.45, 2.75) is 51.9 Å². The summed E-state index contributed by atoms with van der Waals surface area (Å²) < 4.78 is 0. The highest BCUT2D eigenvalue weighted by molar-refractivity contribution is 6.93. The summed E-state index contributed by atoms with van der Waals surface area (Å²) in [5.74, 6) is 1.11. The number of rotatable bonds is 10. The zero-order valence-electron chi connectivity index (χ0n) is 26.6. The first-order valence-electron chi connectivity index (χ1n) is 15.4. The normalized spacial score (nSPS) is 20.5. The topological polar surface area (TPSA) is 59.9 Å². The summed E-state index contributed by atoms with van der Waals surface area (Å²) in [5, 5.41) is 2.34. The maximum Gasteiger partial charge on any atom is 0.159 e. The predicted octanol–water partition coefficient (Wildman–Crippen LogP) is 7.42. The van der Waals surface area contributed by atoms with Crippen molar-refractivity contribution in [2.75, 3.05) is 0 Å². The van der Waals surface area contributed by atoms with Gasteiger partial charge in [0, 0.05) is 34.2 Å². The third-order valence-corrected chi connectivity index (χ3v) is 14.5. The van der Waals surface area contributed by atoms with Gasteiger partial charge in [-0.05, 0) is 72.9 Å². The Morgan fingerprint density at radius 1 is 0.568 bits per heavy atom. The van der Waals surface area contributed by atoms with Gasteiger partial charge in [-0.2, -0.15) is 0 Å². The van der Waals surface area contributed by atoms with Gasteiger partial charge in [0.1, 0.15) is 16.1 Å². The van der Waals surface area contributed by atoms with Crippen molar-refractivity contribution >= 4 is 38.3 Å². The van der Waals surface area contributed by atoms with Crippen LogP contribution in [0.1, 0.15) is 57.5 Å². The number of pyridine rings is 2. The van der Waals surface area contributed by atoms with E-state index in [4.69, 9.17) is 9.97 Å². The number of hydrogen-bond donors (Lipinski definition) is 0. The molecule has 4 atom stereocenters. The number of aromatic nitrogens is 2. The first-order chi connectivity index (χ1) is 21.0. The third kappa shape index (κ3) is 6.72. The van der Waals surface area contributed by atoms with Crippen molar-refractivity contribution < 1.29 is 9.59 Å². The molecule has 0 unspecified atom stereocenters. The molecule has 0 bridgehead atoms. The second-order valence-corrected chi connectivity index (χ2v) is 21.7. The average molecular weight is 615 g/mol. The van der Waals surface area contributed by atoms with Gasteiger partial charge in [-0.25, -0.2) is 0 Å². The smallest absolute Gasteiger partial charge is 0.159 e. The molecule has 0 spiro atoms. The molecule has 2 aromatic carbocycles. The SMILES string of the molecule is CC(=O)c1ccc([C@@H]2[C@@H](/C=C/[Si](C)(C)c3ccccn3)[C@@H](/C=C/[Si](C)(C)c3ccccn3)[C@@H]2c2ccc(C(C)=O)cc2)cc1. The maximum atomic E-state index is 12.1. The molecule has 44 heavy (non-hydrogen) atoms. The molecule has 1 saturated carbocycles. The van der Waals surface area contributed by atoms with Crippen LogP contribution in [0.15, 0.2) is 121 Å². The van der Waals surface area contributed by atoms with Gasteiger partial charge in [-0.1, -0.05) is 110 Å².